The van der Waals surface area contributed by atoms with Crippen LogP contribution in [0, 0.1) is 0 Å². The fourth-order valence-corrected chi connectivity index (χ4v) is 4.17. The number of nitrogens with zero attached hydrogens (tertiary/aromatic N) is 1. The van der Waals surface area contributed by atoms with E-state index in [1.165, 1.54) is 15.6 Å². The molecule has 1 heterocycles. The van der Waals surface area contributed by atoms with E-state index in [4.69, 9.17) is 5.73 Å². The van der Waals surface area contributed by atoms with E-state index < -0.39 is 10.0 Å². The van der Waals surface area contributed by atoms with Crippen molar-refractivity contribution in [1.29, 1.82) is 0 Å². The highest BCUT2D eigenvalue weighted by Gasteiger charge is 2.24. The van der Waals surface area contributed by atoms with Gasteiger partial charge in [0.05, 0.1) is 4.90 Å². The summed E-state index contributed by atoms with van der Waals surface area (Å²) in [5, 5.41) is 1.76. The Morgan fingerprint density at radius 2 is 1.94 bits per heavy atom. The molecule has 0 bridgehead atoms. The van der Waals surface area contributed by atoms with E-state index in [0.29, 0.717) is 18.0 Å². The first kappa shape index (κ1) is 15.9. The molecule has 0 fully saturated rings. The van der Waals surface area contributed by atoms with Crippen molar-refractivity contribution >= 4 is 33.8 Å². The Morgan fingerprint density at radius 3 is 2.38 bits per heavy atom. The summed E-state index contributed by atoms with van der Waals surface area (Å²) in [6.45, 7) is 4.90. The van der Waals surface area contributed by atoms with E-state index in [1.54, 1.807) is 11.4 Å². The molecule has 2 N–H and O–H groups in total. The molecule has 0 unspecified atom stereocenters. The molecule has 0 radical (unpaired) electrons. The topological polar surface area (TPSA) is 63.4 Å². The average molecular weight is 285 g/mol. The van der Waals surface area contributed by atoms with E-state index in [9.17, 15) is 8.42 Å². The van der Waals surface area contributed by atoms with Gasteiger partial charge in [0.1, 0.15) is 0 Å². The Kier molecular flexibility index (Phi) is 6.50. The monoisotopic (exact) mass is 284 g/mol. The quantitative estimate of drug-likeness (QED) is 0.894. The van der Waals surface area contributed by atoms with Crippen LogP contribution in [0.25, 0.3) is 0 Å². The Morgan fingerprint density at radius 1 is 1.38 bits per heavy atom. The molecule has 7 heteroatoms. The fourth-order valence-electron chi connectivity index (χ4n) is 1.41. The predicted molar refractivity (Wildman–Crippen MR) is 69.6 cm³/mol. The van der Waals surface area contributed by atoms with Crippen LogP contribution in [0.15, 0.2) is 16.3 Å². The first-order valence-electron chi connectivity index (χ1n) is 4.84. The predicted octanol–water partition coefficient (Wildman–Crippen LogP) is 1.66. The lowest BCUT2D eigenvalue weighted by Crippen LogP contribution is -2.31. The zero-order valence-corrected chi connectivity index (χ0v) is 11.8. The fraction of sp³-hybridized carbons (Fsp3) is 0.556. The smallest absolute Gasteiger partial charge is 0.244 e. The second-order valence-electron chi connectivity index (χ2n) is 3.00. The number of sulfonamides is 1. The summed E-state index contributed by atoms with van der Waals surface area (Å²) in [4.78, 5) is 1.08. The lowest BCUT2D eigenvalue weighted by atomic mass is 10.5. The molecule has 0 aliphatic rings. The maximum Gasteiger partial charge on any atom is 0.244 e. The van der Waals surface area contributed by atoms with Crippen molar-refractivity contribution in [3.8, 4) is 0 Å². The van der Waals surface area contributed by atoms with Gasteiger partial charge in [-0.2, -0.15) is 4.31 Å². The van der Waals surface area contributed by atoms with Crippen molar-refractivity contribution in [2.45, 2.75) is 25.3 Å². The van der Waals surface area contributed by atoms with Crippen LogP contribution in [0.1, 0.15) is 18.7 Å². The Balaban J connectivity index is 0.00000225. The molecule has 1 aromatic rings. The SMILES string of the molecule is CCN(CC)S(=O)(=O)c1ccsc1CN.Cl. The molecular formula is C9H17ClN2O2S2. The van der Waals surface area contributed by atoms with Crippen molar-refractivity contribution in [3.05, 3.63) is 16.3 Å². The second-order valence-corrected chi connectivity index (χ2v) is 5.91. The summed E-state index contributed by atoms with van der Waals surface area (Å²) in [6, 6.07) is 1.63. The number of nitrogens with two attached hydrogens (primary N) is 1. The average Bonchev–Trinajstić information content (AvgIpc) is 2.67. The van der Waals surface area contributed by atoms with Gasteiger partial charge >= 0.3 is 0 Å². The molecule has 1 rings (SSSR count). The van der Waals surface area contributed by atoms with Gasteiger partial charge in [-0.15, -0.1) is 23.7 Å². The molecule has 0 amide bonds. The lowest BCUT2D eigenvalue weighted by molar-refractivity contribution is 0.445. The Labute approximate surface area is 107 Å². The third-order valence-corrected chi connectivity index (χ3v) is 5.42. The van der Waals surface area contributed by atoms with Crippen LogP contribution < -0.4 is 5.73 Å². The lowest BCUT2D eigenvalue weighted by Gasteiger charge is -2.18. The molecule has 4 nitrogen and oxygen atoms in total. The van der Waals surface area contributed by atoms with Gasteiger partial charge in [-0.1, -0.05) is 13.8 Å². The number of halogens is 1. The van der Waals surface area contributed by atoms with Gasteiger partial charge in [-0.3, -0.25) is 0 Å². The van der Waals surface area contributed by atoms with Crippen LogP contribution in [0.3, 0.4) is 0 Å². The highest BCUT2D eigenvalue weighted by atomic mass is 35.5. The number of rotatable bonds is 5. The summed E-state index contributed by atoms with van der Waals surface area (Å²) in [5.74, 6) is 0. The zero-order valence-electron chi connectivity index (χ0n) is 9.34. The van der Waals surface area contributed by atoms with E-state index in [2.05, 4.69) is 0 Å². The van der Waals surface area contributed by atoms with Crippen LogP contribution in [-0.2, 0) is 16.6 Å². The second kappa shape index (κ2) is 6.56. The van der Waals surface area contributed by atoms with Gasteiger partial charge in [0.15, 0.2) is 0 Å². The minimum Gasteiger partial charge on any atom is -0.326 e. The Hall–Kier alpha value is -0.140. The van der Waals surface area contributed by atoms with E-state index in [1.807, 2.05) is 13.8 Å². The maximum atomic E-state index is 12.1. The minimum atomic E-state index is -3.34. The molecule has 16 heavy (non-hydrogen) atoms. The first-order valence-corrected chi connectivity index (χ1v) is 7.16. The number of hydrogen-bond donors (Lipinski definition) is 1. The molecule has 0 aliphatic carbocycles. The van der Waals surface area contributed by atoms with Crippen molar-refractivity contribution in [2.75, 3.05) is 13.1 Å². The molecule has 0 aliphatic heterocycles. The molecule has 0 saturated carbocycles. The number of hydrogen-bond acceptors (Lipinski definition) is 4. The van der Waals surface area contributed by atoms with Crippen LogP contribution >= 0.6 is 23.7 Å². The van der Waals surface area contributed by atoms with Gasteiger partial charge < -0.3 is 5.73 Å². The first-order chi connectivity index (χ1) is 7.07. The molecule has 0 aromatic carbocycles. The normalized spacial score (nSPS) is 11.5. The van der Waals surface area contributed by atoms with Crippen molar-refractivity contribution in [3.63, 3.8) is 0 Å². The highest BCUT2D eigenvalue weighted by Crippen LogP contribution is 2.24. The largest absolute Gasteiger partial charge is 0.326 e. The van der Waals surface area contributed by atoms with Gasteiger partial charge in [0, 0.05) is 24.5 Å². The summed E-state index contributed by atoms with van der Waals surface area (Å²) >= 11 is 1.38. The summed E-state index contributed by atoms with van der Waals surface area (Å²) in [5.41, 5.74) is 5.50. The van der Waals surface area contributed by atoms with Crippen molar-refractivity contribution < 1.29 is 8.42 Å². The van der Waals surface area contributed by atoms with Crippen molar-refractivity contribution in [1.82, 2.24) is 4.31 Å². The van der Waals surface area contributed by atoms with E-state index in [-0.39, 0.29) is 19.0 Å². The maximum absolute atomic E-state index is 12.1. The third-order valence-electron chi connectivity index (χ3n) is 2.21. The van der Waals surface area contributed by atoms with Crippen LogP contribution in [0.4, 0.5) is 0 Å². The van der Waals surface area contributed by atoms with Crippen LogP contribution in [0.5, 0.6) is 0 Å². The molecular weight excluding hydrogens is 268 g/mol. The number of thiophene rings is 1. The van der Waals surface area contributed by atoms with E-state index in [0.717, 1.165) is 4.88 Å². The van der Waals surface area contributed by atoms with Gasteiger partial charge in [0.2, 0.25) is 10.0 Å². The van der Waals surface area contributed by atoms with Crippen molar-refractivity contribution in [2.24, 2.45) is 5.73 Å². The van der Waals surface area contributed by atoms with E-state index >= 15 is 0 Å². The molecule has 1 aromatic heterocycles. The van der Waals surface area contributed by atoms with Gasteiger partial charge in [-0.25, -0.2) is 8.42 Å². The standard InChI is InChI=1S/C9H16N2O2S2.ClH/c1-3-11(4-2)15(12,13)9-5-6-14-8(9)7-10;/h5-6H,3-4,7,10H2,1-2H3;1H. The van der Waals surface area contributed by atoms with Gasteiger partial charge in [-0.05, 0) is 11.4 Å². The molecule has 0 atom stereocenters. The zero-order chi connectivity index (χ0) is 11.5. The van der Waals surface area contributed by atoms with Crippen LogP contribution in [-0.4, -0.2) is 25.8 Å². The third kappa shape index (κ3) is 2.95. The highest BCUT2D eigenvalue weighted by molar-refractivity contribution is 7.89. The minimum absolute atomic E-state index is 0. The summed E-state index contributed by atoms with van der Waals surface area (Å²) in [7, 11) is -3.34. The summed E-state index contributed by atoms with van der Waals surface area (Å²) in [6.07, 6.45) is 0. The van der Waals surface area contributed by atoms with Gasteiger partial charge in [0.25, 0.3) is 0 Å². The molecule has 0 spiro atoms. The summed E-state index contributed by atoms with van der Waals surface area (Å²) < 4.78 is 25.7. The Bertz CT molecular complexity index is 413. The van der Waals surface area contributed by atoms with Crippen LogP contribution in [0.2, 0.25) is 0 Å². The molecule has 0 saturated heterocycles. The molecule has 94 valence electrons.